The van der Waals surface area contributed by atoms with Crippen LogP contribution in [0.15, 0.2) is 22.5 Å². The lowest BCUT2D eigenvalue weighted by Gasteiger charge is -2.40. The number of guanidine groups is 1. The first kappa shape index (κ1) is 23.7. The SMILES string of the molecule is CN=C(NCC1CCCOC1C(C)(C)C)NCC(C)(C)c1cccs1.I. The van der Waals surface area contributed by atoms with E-state index in [0.717, 1.165) is 32.1 Å². The van der Waals surface area contributed by atoms with Crippen molar-refractivity contribution in [3.05, 3.63) is 22.4 Å². The molecular formula is C20H36IN3OS. The third-order valence-electron chi connectivity index (χ3n) is 4.94. The average molecular weight is 493 g/mol. The number of hydrogen-bond acceptors (Lipinski definition) is 3. The van der Waals surface area contributed by atoms with Crippen molar-refractivity contribution < 1.29 is 4.74 Å². The van der Waals surface area contributed by atoms with Crippen molar-refractivity contribution in [2.24, 2.45) is 16.3 Å². The Bertz CT molecular complexity index is 552. The summed E-state index contributed by atoms with van der Waals surface area (Å²) in [5.74, 6) is 1.40. The van der Waals surface area contributed by atoms with E-state index in [1.165, 1.54) is 11.3 Å². The maximum Gasteiger partial charge on any atom is 0.191 e. The molecule has 0 spiro atoms. The maximum absolute atomic E-state index is 6.09. The number of hydrogen-bond donors (Lipinski definition) is 2. The number of halogens is 1. The average Bonchev–Trinajstić information content (AvgIpc) is 3.10. The molecule has 1 saturated heterocycles. The zero-order chi connectivity index (χ0) is 18.5. The van der Waals surface area contributed by atoms with Gasteiger partial charge in [-0.2, -0.15) is 0 Å². The number of nitrogens with zero attached hydrogens (tertiary/aromatic N) is 1. The first-order valence-corrected chi connectivity index (χ1v) is 10.2. The molecule has 1 aliphatic rings. The lowest BCUT2D eigenvalue weighted by Crippen LogP contribution is -2.49. The smallest absolute Gasteiger partial charge is 0.191 e. The van der Waals surface area contributed by atoms with Crippen molar-refractivity contribution in [2.75, 3.05) is 26.7 Å². The van der Waals surface area contributed by atoms with Crippen LogP contribution in [0.5, 0.6) is 0 Å². The Morgan fingerprint density at radius 3 is 2.58 bits per heavy atom. The molecule has 26 heavy (non-hydrogen) atoms. The fraction of sp³-hybridized carbons (Fsp3) is 0.750. The van der Waals surface area contributed by atoms with E-state index < -0.39 is 0 Å². The van der Waals surface area contributed by atoms with Crippen LogP contribution >= 0.6 is 35.3 Å². The monoisotopic (exact) mass is 493 g/mol. The predicted octanol–water partition coefficient (Wildman–Crippen LogP) is 4.65. The highest BCUT2D eigenvalue weighted by Crippen LogP contribution is 2.33. The highest BCUT2D eigenvalue weighted by molar-refractivity contribution is 14.0. The quantitative estimate of drug-likeness (QED) is 0.357. The normalized spacial score (nSPS) is 21.8. The van der Waals surface area contributed by atoms with E-state index in [1.807, 2.05) is 18.4 Å². The Morgan fingerprint density at radius 2 is 2.00 bits per heavy atom. The van der Waals surface area contributed by atoms with Gasteiger partial charge in [0.2, 0.25) is 0 Å². The molecule has 150 valence electrons. The summed E-state index contributed by atoms with van der Waals surface area (Å²) in [5, 5.41) is 9.16. The third kappa shape index (κ3) is 6.68. The molecule has 0 bridgehead atoms. The number of aliphatic imine (C=N–C) groups is 1. The summed E-state index contributed by atoms with van der Waals surface area (Å²) >= 11 is 1.81. The van der Waals surface area contributed by atoms with Gasteiger partial charge in [0.05, 0.1) is 6.10 Å². The van der Waals surface area contributed by atoms with Crippen molar-refractivity contribution in [1.82, 2.24) is 10.6 Å². The van der Waals surface area contributed by atoms with Crippen LogP contribution in [0.4, 0.5) is 0 Å². The lowest BCUT2D eigenvalue weighted by molar-refractivity contribution is -0.0835. The fourth-order valence-corrected chi connectivity index (χ4v) is 4.37. The van der Waals surface area contributed by atoms with Gasteiger partial charge >= 0.3 is 0 Å². The van der Waals surface area contributed by atoms with Gasteiger partial charge in [0.15, 0.2) is 5.96 Å². The molecule has 0 aliphatic carbocycles. The Balaban J connectivity index is 0.00000338. The molecule has 0 saturated carbocycles. The van der Waals surface area contributed by atoms with Crippen LogP contribution < -0.4 is 10.6 Å². The zero-order valence-electron chi connectivity index (χ0n) is 17.1. The van der Waals surface area contributed by atoms with E-state index in [0.29, 0.717) is 12.0 Å². The number of thiophene rings is 1. The van der Waals surface area contributed by atoms with E-state index in [1.54, 1.807) is 0 Å². The Labute approximate surface area is 180 Å². The lowest BCUT2D eigenvalue weighted by atomic mass is 9.78. The molecule has 1 fully saturated rings. The summed E-state index contributed by atoms with van der Waals surface area (Å²) < 4.78 is 6.09. The molecule has 4 nitrogen and oxygen atoms in total. The maximum atomic E-state index is 6.09. The van der Waals surface area contributed by atoms with Gasteiger partial charge in [0.1, 0.15) is 0 Å². The molecule has 1 aromatic heterocycles. The Hall–Kier alpha value is -0.340. The molecule has 6 heteroatoms. The van der Waals surface area contributed by atoms with Crippen LogP contribution in [0.2, 0.25) is 0 Å². The van der Waals surface area contributed by atoms with Crippen molar-refractivity contribution in [1.29, 1.82) is 0 Å². The van der Waals surface area contributed by atoms with Crippen LogP contribution in [0.25, 0.3) is 0 Å². The van der Waals surface area contributed by atoms with E-state index in [4.69, 9.17) is 4.74 Å². The van der Waals surface area contributed by atoms with Gasteiger partial charge in [-0.3, -0.25) is 4.99 Å². The van der Waals surface area contributed by atoms with Crippen LogP contribution in [0.3, 0.4) is 0 Å². The highest BCUT2D eigenvalue weighted by Gasteiger charge is 2.35. The van der Waals surface area contributed by atoms with E-state index in [9.17, 15) is 0 Å². The highest BCUT2D eigenvalue weighted by atomic mass is 127. The second kappa shape index (κ2) is 10.3. The largest absolute Gasteiger partial charge is 0.377 e. The molecule has 2 rings (SSSR count). The van der Waals surface area contributed by atoms with Crippen LogP contribution in [0.1, 0.15) is 52.3 Å². The molecule has 0 radical (unpaired) electrons. The van der Waals surface area contributed by atoms with Gasteiger partial charge in [-0.1, -0.05) is 40.7 Å². The van der Waals surface area contributed by atoms with Crippen LogP contribution in [-0.2, 0) is 10.2 Å². The van der Waals surface area contributed by atoms with Crippen molar-refractivity contribution in [3.63, 3.8) is 0 Å². The second-order valence-electron chi connectivity index (χ2n) is 8.73. The summed E-state index contributed by atoms with van der Waals surface area (Å²) in [5.41, 5.74) is 0.262. The summed E-state index contributed by atoms with van der Waals surface area (Å²) in [6, 6.07) is 4.32. The number of rotatable bonds is 5. The summed E-state index contributed by atoms with van der Waals surface area (Å²) in [6.07, 6.45) is 2.66. The molecule has 0 amide bonds. The minimum absolute atomic E-state index is 0. The van der Waals surface area contributed by atoms with Crippen molar-refractivity contribution in [2.45, 2.75) is 59.0 Å². The van der Waals surface area contributed by atoms with E-state index in [-0.39, 0.29) is 34.8 Å². The summed E-state index contributed by atoms with van der Waals surface area (Å²) in [4.78, 5) is 5.79. The standard InChI is InChI=1S/C20H35N3OS.HI/c1-19(2,3)17-15(9-7-11-24-17)13-22-18(21-6)23-14-20(4,5)16-10-8-12-25-16;/h8,10,12,15,17H,7,9,11,13-14H2,1-6H3,(H2,21,22,23);1H. The van der Waals surface area contributed by atoms with E-state index >= 15 is 0 Å². The van der Waals surface area contributed by atoms with Gasteiger partial charge in [-0.15, -0.1) is 35.3 Å². The van der Waals surface area contributed by atoms with E-state index in [2.05, 4.69) is 67.8 Å². The van der Waals surface area contributed by atoms with Gasteiger partial charge in [0, 0.05) is 43.0 Å². The predicted molar refractivity (Wildman–Crippen MR) is 124 cm³/mol. The summed E-state index contributed by atoms with van der Waals surface area (Å²) in [7, 11) is 1.84. The topological polar surface area (TPSA) is 45.7 Å². The van der Waals surface area contributed by atoms with Crippen molar-refractivity contribution in [3.8, 4) is 0 Å². The Kier molecular flexibility index (Phi) is 9.36. The minimum Gasteiger partial charge on any atom is -0.377 e. The molecule has 2 N–H and O–H groups in total. The van der Waals surface area contributed by atoms with Gasteiger partial charge in [-0.05, 0) is 29.7 Å². The van der Waals surface area contributed by atoms with Gasteiger partial charge < -0.3 is 15.4 Å². The van der Waals surface area contributed by atoms with Gasteiger partial charge in [-0.25, -0.2) is 0 Å². The second-order valence-corrected chi connectivity index (χ2v) is 9.68. The molecule has 2 atom stereocenters. The fourth-order valence-electron chi connectivity index (χ4n) is 3.51. The molecule has 1 aromatic rings. The molecule has 2 heterocycles. The molecular weight excluding hydrogens is 457 g/mol. The van der Waals surface area contributed by atoms with Crippen LogP contribution in [-0.4, -0.2) is 38.8 Å². The first-order chi connectivity index (χ1) is 11.7. The molecule has 0 aromatic carbocycles. The zero-order valence-corrected chi connectivity index (χ0v) is 20.2. The first-order valence-electron chi connectivity index (χ1n) is 9.34. The summed E-state index contributed by atoms with van der Waals surface area (Å²) in [6.45, 7) is 14.0. The third-order valence-corrected chi connectivity index (χ3v) is 6.18. The van der Waals surface area contributed by atoms with Crippen molar-refractivity contribution >= 4 is 41.3 Å². The molecule has 2 unspecified atom stereocenters. The Morgan fingerprint density at radius 1 is 1.27 bits per heavy atom. The molecule has 1 aliphatic heterocycles. The minimum atomic E-state index is 0. The van der Waals surface area contributed by atoms with Gasteiger partial charge in [0.25, 0.3) is 0 Å². The van der Waals surface area contributed by atoms with Crippen LogP contribution in [0, 0.1) is 11.3 Å². The number of nitrogens with one attached hydrogen (secondary N) is 2. The number of ether oxygens (including phenoxy) is 1.